The van der Waals surface area contributed by atoms with Crippen LogP contribution in [0.25, 0.3) is 10.9 Å². The summed E-state index contributed by atoms with van der Waals surface area (Å²) in [4.78, 5) is 20.0. The van der Waals surface area contributed by atoms with E-state index in [-0.39, 0.29) is 11.9 Å². The number of ether oxygens (including phenoxy) is 2. The standard InChI is InChI=1S/C22H25ClN4O3/c1-14(26-15(2)28)16-5-7-17(8-6-16)27-22-18-11-21(30-10-4-9-23)20(29-3)12-19(18)24-13-25-22/h5-8,11-14H,4,9-10H2,1-3H3,(H,26,28)(H,24,25,27)/t14-/m0/s1. The molecule has 0 aliphatic heterocycles. The number of rotatable bonds is 9. The summed E-state index contributed by atoms with van der Waals surface area (Å²) in [5, 5.41) is 7.02. The lowest BCUT2D eigenvalue weighted by molar-refractivity contribution is -0.119. The van der Waals surface area contributed by atoms with Gasteiger partial charge in [-0.3, -0.25) is 4.79 Å². The second-order valence-electron chi connectivity index (χ2n) is 6.80. The van der Waals surface area contributed by atoms with Crippen molar-refractivity contribution < 1.29 is 14.3 Å². The molecule has 0 aliphatic carbocycles. The number of methoxy groups -OCH3 is 1. The largest absolute Gasteiger partial charge is 0.493 e. The van der Waals surface area contributed by atoms with Crippen molar-refractivity contribution in [3.63, 3.8) is 0 Å². The summed E-state index contributed by atoms with van der Waals surface area (Å²) < 4.78 is 11.3. The number of amides is 1. The lowest BCUT2D eigenvalue weighted by Gasteiger charge is -2.15. The van der Waals surface area contributed by atoms with E-state index in [1.54, 1.807) is 7.11 Å². The molecule has 0 bridgehead atoms. The van der Waals surface area contributed by atoms with Crippen molar-refractivity contribution in [3.05, 3.63) is 48.3 Å². The molecule has 0 saturated carbocycles. The van der Waals surface area contributed by atoms with Crippen molar-refractivity contribution in [1.29, 1.82) is 0 Å². The van der Waals surface area contributed by atoms with Crippen LogP contribution in [-0.4, -0.2) is 35.5 Å². The summed E-state index contributed by atoms with van der Waals surface area (Å²) in [6.45, 7) is 3.95. The zero-order chi connectivity index (χ0) is 21.5. The number of nitrogens with zero attached hydrogens (tertiary/aromatic N) is 2. The summed E-state index contributed by atoms with van der Waals surface area (Å²) in [5.74, 6) is 2.36. The molecule has 0 radical (unpaired) electrons. The number of halogens is 1. The topological polar surface area (TPSA) is 85.4 Å². The zero-order valence-electron chi connectivity index (χ0n) is 17.2. The molecule has 1 atom stereocenters. The van der Waals surface area contributed by atoms with Gasteiger partial charge in [-0.05, 0) is 37.1 Å². The monoisotopic (exact) mass is 428 g/mol. The maximum atomic E-state index is 11.3. The summed E-state index contributed by atoms with van der Waals surface area (Å²) in [7, 11) is 1.60. The molecule has 0 aliphatic rings. The van der Waals surface area contributed by atoms with Crippen molar-refractivity contribution in [2.24, 2.45) is 0 Å². The van der Waals surface area contributed by atoms with Crippen LogP contribution in [0.2, 0.25) is 0 Å². The Labute approximate surface area is 180 Å². The quantitative estimate of drug-likeness (QED) is 0.383. The third kappa shape index (κ3) is 5.30. The van der Waals surface area contributed by atoms with Gasteiger partial charge in [-0.25, -0.2) is 9.97 Å². The van der Waals surface area contributed by atoms with Crippen LogP contribution in [0.15, 0.2) is 42.7 Å². The average Bonchev–Trinajstić information content (AvgIpc) is 2.74. The van der Waals surface area contributed by atoms with E-state index in [1.165, 1.54) is 13.3 Å². The normalized spacial score (nSPS) is 11.7. The smallest absolute Gasteiger partial charge is 0.217 e. The van der Waals surface area contributed by atoms with Crippen molar-refractivity contribution in [2.45, 2.75) is 26.3 Å². The van der Waals surface area contributed by atoms with E-state index in [9.17, 15) is 4.79 Å². The van der Waals surface area contributed by atoms with Crippen LogP contribution >= 0.6 is 11.6 Å². The van der Waals surface area contributed by atoms with E-state index in [2.05, 4.69) is 20.6 Å². The van der Waals surface area contributed by atoms with Gasteiger partial charge in [-0.15, -0.1) is 11.6 Å². The van der Waals surface area contributed by atoms with E-state index >= 15 is 0 Å². The fourth-order valence-electron chi connectivity index (χ4n) is 3.05. The van der Waals surface area contributed by atoms with Crippen LogP contribution < -0.4 is 20.1 Å². The average molecular weight is 429 g/mol. The Morgan fingerprint density at radius 3 is 2.60 bits per heavy atom. The van der Waals surface area contributed by atoms with Gasteiger partial charge < -0.3 is 20.1 Å². The van der Waals surface area contributed by atoms with Crippen LogP contribution in [0.4, 0.5) is 11.5 Å². The molecule has 3 rings (SSSR count). The molecular formula is C22H25ClN4O3. The predicted molar refractivity (Wildman–Crippen MR) is 119 cm³/mol. The summed E-state index contributed by atoms with van der Waals surface area (Å²) in [5.41, 5.74) is 2.63. The van der Waals surface area contributed by atoms with Crippen LogP contribution in [0.5, 0.6) is 11.5 Å². The van der Waals surface area contributed by atoms with Crippen molar-refractivity contribution in [2.75, 3.05) is 24.9 Å². The SMILES string of the molecule is COc1cc2ncnc(Nc3ccc([C@H](C)NC(C)=O)cc3)c2cc1OCCCCl. The highest BCUT2D eigenvalue weighted by Gasteiger charge is 2.12. The number of hydrogen-bond acceptors (Lipinski definition) is 6. The molecule has 2 N–H and O–H groups in total. The Balaban J connectivity index is 1.86. The lowest BCUT2D eigenvalue weighted by Crippen LogP contribution is -2.23. The first-order chi connectivity index (χ1) is 14.5. The molecule has 0 fully saturated rings. The van der Waals surface area contributed by atoms with Crippen molar-refractivity contribution in [1.82, 2.24) is 15.3 Å². The highest BCUT2D eigenvalue weighted by atomic mass is 35.5. The minimum Gasteiger partial charge on any atom is -0.493 e. The fourth-order valence-corrected chi connectivity index (χ4v) is 3.16. The van der Waals surface area contributed by atoms with Gasteiger partial charge >= 0.3 is 0 Å². The molecule has 1 amide bonds. The second-order valence-corrected chi connectivity index (χ2v) is 7.18. The number of alkyl halides is 1. The van der Waals surface area contributed by atoms with Gasteiger partial charge in [0.2, 0.25) is 5.91 Å². The number of fused-ring (bicyclic) bond motifs is 1. The van der Waals surface area contributed by atoms with Crippen molar-refractivity contribution >= 4 is 39.9 Å². The molecule has 1 heterocycles. The second kappa shape index (κ2) is 10.1. The summed E-state index contributed by atoms with van der Waals surface area (Å²) in [6.07, 6.45) is 2.24. The number of benzene rings is 2. The molecular weight excluding hydrogens is 404 g/mol. The fraction of sp³-hybridized carbons (Fsp3) is 0.318. The van der Waals surface area contributed by atoms with Gasteiger partial charge in [0.05, 0.1) is 25.3 Å². The van der Waals surface area contributed by atoms with Crippen LogP contribution in [-0.2, 0) is 4.79 Å². The molecule has 8 heteroatoms. The number of hydrogen-bond donors (Lipinski definition) is 2. The van der Waals surface area contributed by atoms with Crippen LogP contribution in [0, 0.1) is 0 Å². The van der Waals surface area contributed by atoms with E-state index in [4.69, 9.17) is 21.1 Å². The number of nitrogens with one attached hydrogen (secondary N) is 2. The molecule has 0 saturated heterocycles. The highest BCUT2D eigenvalue weighted by molar-refractivity contribution is 6.17. The van der Waals surface area contributed by atoms with Gasteiger partial charge in [0.15, 0.2) is 11.5 Å². The van der Waals surface area contributed by atoms with E-state index in [0.717, 1.165) is 28.6 Å². The minimum absolute atomic E-state index is 0.0587. The number of aromatic nitrogens is 2. The Bertz CT molecular complexity index is 1010. The number of carbonyl (C=O) groups excluding carboxylic acids is 1. The molecule has 3 aromatic rings. The third-order valence-electron chi connectivity index (χ3n) is 4.55. The minimum atomic E-state index is -0.0587. The summed E-state index contributed by atoms with van der Waals surface area (Å²) in [6, 6.07) is 11.5. The van der Waals surface area contributed by atoms with E-state index < -0.39 is 0 Å². The van der Waals surface area contributed by atoms with Gasteiger partial charge in [-0.1, -0.05) is 12.1 Å². The zero-order valence-corrected chi connectivity index (χ0v) is 18.0. The van der Waals surface area contributed by atoms with Gasteiger partial charge in [-0.2, -0.15) is 0 Å². The Kier molecular flexibility index (Phi) is 7.30. The molecule has 0 spiro atoms. The Hall–Kier alpha value is -3.06. The molecule has 158 valence electrons. The molecule has 30 heavy (non-hydrogen) atoms. The Morgan fingerprint density at radius 1 is 1.17 bits per heavy atom. The van der Waals surface area contributed by atoms with Gasteiger partial charge in [0, 0.05) is 29.9 Å². The first kappa shape index (κ1) is 21.6. The van der Waals surface area contributed by atoms with Crippen LogP contribution in [0.1, 0.15) is 31.9 Å². The lowest BCUT2D eigenvalue weighted by atomic mass is 10.1. The maximum absolute atomic E-state index is 11.3. The molecule has 1 aromatic heterocycles. The molecule has 0 unspecified atom stereocenters. The van der Waals surface area contributed by atoms with Gasteiger partial charge in [0.25, 0.3) is 0 Å². The molecule has 7 nitrogen and oxygen atoms in total. The van der Waals surface area contributed by atoms with E-state index in [0.29, 0.717) is 29.8 Å². The predicted octanol–water partition coefficient (Wildman–Crippen LogP) is 4.59. The molecule has 2 aromatic carbocycles. The number of carbonyl (C=O) groups is 1. The summed E-state index contributed by atoms with van der Waals surface area (Å²) >= 11 is 5.75. The van der Waals surface area contributed by atoms with E-state index in [1.807, 2.05) is 43.3 Å². The van der Waals surface area contributed by atoms with Crippen LogP contribution in [0.3, 0.4) is 0 Å². The van der Waals surface area contributed by atoms with Gasteiger partial charge in [0.1, 0.15) is 12.1 Å². The van der Waals surface area contributed by atoms with Crippen molar-refractivity contribution in [3.8, 4) is 11.5 Å². The maximum Gasteiger partial charge on any atom is 0.217 e. The highest BCUT2D eigenvalue weighted by Crippen LogP contribution is 2.35. The Morgan fingerprint density at radius 2 is 1.93 bits per heavy atom. The third-order valence-corrected chi connectivity index (χ3v) is 4.82. The number of anilines is 2. The first-order valence-corrected chi connectivity index (χ1v) is 10.2. The first-order valence-electron chi connectivity index (χ1n) is 9.67.